The normalized spacial score (nSPS) is 25.9. The molecule has 0 aromatic rings. The van der Waals surface area contributed by atoms with Crippen molar-refractivity contribution in [3.63, 3.8) is 0 Å². The number of hydrogen-bond acceptors (Lipinski definition) is 6. The molecule has 15 heavy (non-hydrogen) atoms. The van der Waals surface area contributed by atoms with Crippen molar-refractivity contribution < 1.29 is 30.3 Å². The Bertz CT molecular complexity index is 223. The van der Waals surface area contributed by atoms with Gasteiger partial charge in [-0.15, -0.1) is 0 Å². The zero-order valence-electron chi connectivity index (χ0n) is 8.95. The Labute approximate surface area is 87.8 Å². The van der Waals surface area contributed by atoms with E-state index in [4.69, 9.17) is 5.11 Å². The van der Waals surface area contributed by atoms with E-state index in [2.05, 4.69) is 0 Å². The molecule has 0 aliphatic rings. The van der Waals surface area contributed by atoms with E-state index in [1.807, 2.05) is 0 Å². The number of aldehydes is 1. The zero-order chi connectivity index (χ0) is 12.4. The van der Waals surface area contributed by atoms with Crippen molar-refractivity contribution in [2.45, 2.75) is 50.3 Å². The number of hydrogen-bond donors (Lipinski definition) is 5. The molecule has 6 heteroatoms. The topological polar surface area (TPSA) is 118 Å². The van der Waals surface area contributed by atoms with Gasteiger partial charge >= 0.3 is 0 Å². The van der Waals surface area contributed by atoms with Gasteiger partial charge in [-0.3, -0.25) is 0 Å². The molecule has 5 atom stereocenters. The van der Waals surface area contributed by atoms with E-state index in [1.165, 1.54) is 6.92 Å². The number of aliphatic hydroxyl groups is 5. The number of carbonyl (C=O) groups excluding carboxylic acids is 1. The SMILES string of the molecule is CC(O)[C@@H](O)[C@H](O)[C@](C)(O)[C@@](C)(O)C=O. The van der Waals surface area contributed by atoms with E-state index in [0.29, 0.717) is 0 Å². The fourth-order valence-corrected chi connectivity index (χ4v) is 1.02. The highest BCUT2D eigenvalue weighted by molar-refractivity contribution is 5.64. The maximum absolute atomic E-state index is 10.5. The third kappa shape index (κ3) is 2.73. The van der Waals surface area contributed by atoms with Crippen molar-refractivity contribution in [3.8, 4) is 0 Å². The molecule has 6 nitrogen and oxygen atoms in total. The molecule has 0 bridgehead atoms. The summed E-state index contributed by atoms with van der Waals surface area (Å²) < 4.78 is 0. The molecule has 0 rings (SSSR count). The zero-order valence-corrected chi connectivity index (χ0v) is 8.95. The van der Waals surface area contributed by atoms with Gasteiger partial charge in [0.05, 0.1) is 6.10 Å². The van der Waals surface area contributed by atoms with Crippen molar-refractivity contribution in [1.82, 2.24) is 0 Å². The minimum Gasteiger partial charge on any atom is -0.391 e. The summed E-state index contributed by atoms with van der Waals surface area (Å²) in [6.07, 6.45) is -4.75. The van der Waals surface area contributed by atoms with Crippen LogP contribution in [-0.2, 0) is 4.79 Å². The van der Waals surface area contributed by atoms with Crippen LogP contribution >= 0.6 is 0 Å². The largest absolute Gasteiger partial charge is 0.391 e. The molecule has 0 aromatic carbocycles. The summed E-state index contributed by atoms with van der Waals surface area (Å²) in [5.74, 6) is 0. The van der Waals surface area contributed by atoms with Crippen molar-refractivity contribution in [1.29, 1.82) is 0 Å². The van der Waals surface area contributed by atoms with Crippen LogP contribution in [0.15, 0.2) is 0 Å². The molecule has 0 saturated carbocycles. The van der Waals surface area contributed by atoms with Crippen LogP contribution in [0.2, 0.25) is 0 Å². The van der Waals surface area contributed by atoms with Crippen LogP contribution < -0.4 is 0 Å². The summed E-state index contributed by atoms with van der Waals surface area (Å²) >= 11 is 0. The van der Waals surface area contributed by atoms with Crippen LogP contribution in [0.4, 0.5) is 0 Å². The van der Waals surface area contributed by atoms with Crippen LogP contribution in [0.1, 0.15) is 20.8 Å². The maximum Gasteiger partial charge on any atom is 0.154 e. The van der Waals surface area contributed by atoms with E-state index in [1.54, 1.807) is 0 Å². The fourth-order valence-electron chi connectivity index (χ4n) is 1.02. The van der Waals surface area contributed by atoms with Gasteiger partial charge in [0, 0.05) is 0 Å². The molecule has 0 saturated heterocycles. The Hall–Kier alpha value is -0.530. The second kappa shape index (κ2) is 4.54. The summed E-state index contributed by atoms with van der Waals surface area (Å²) in [4.78, 5) is 10.5. The lowest BCUT2D eigenvalue weighted by atomic mass is 9.79. The van der Waals surface area contributed by atoms with Gasteiger partial charge in [-0.2, -0.15) is 0 Å². The summed E-state index contributed by atoms with van der Waals surface area (Å²) in [5, 5.41) is 47.0. The summed E-state index contributed by atoms with van der Waals surface area (Å²) in [5.41, 5.74) is -4.48. The van der Waals surface area contributed by atoms with Crippen LogP contribution in [0, 0.1) is 0 Å². The third-order valence-electron chi connectivity index (χ3n) is 2.65. The van der Waals surface area contributed by atoms with E-state index in [9.17, 15) is 25.2 Å². The lowest BCUT2D eigenvalue weighted by Crippen LogP contribution is -2.63. The van der Waals surface area contributed by atoms with Gasteiger partial charge in [0.25, 0.3) is 0 Å². The van der Waals surface area contributed by atoms with Crippen LogP contribution in [-0.4, -0.2) is 61.3 Å². The number of carbonyl (C=O) groups is 1. The standard InChI is InChI=1S/C9H18O6/c1-5(11)6(12)7(13)9(3,15)8(2,14)4-10/h4-7,11-15H,1-3H3/t5?,6-,7+,8+,9+/m1/s1. The maximum atomic E-state index is 10.5. The molecule has 5 N–H and O–H groups in total. The predicted molar refractivity (Wildman–Crippen MR) is 51.0 cm³/mol. The highest BCUT2D eigenvalue weighted by Crippen LogP contribution is 2.26. The van der Waals surface area contributed by atoms with Crippen molar-refractivity contribution in [3.05, 3.63) is 0 Å². The molecule has 0 aromatic heterocycles. The molecule has 0 spiro atoms. The summed E-state index contributed by atoms with van der Waals surface area (Å²) in [6.45, 7) is 3.20. The molecular weight excluding hydrogens is 204 g/mol. The molecule has 0 amide bonds. The molecule has 0 radical (unpaired) electrons. The number of rotatable bonds is 5. The molecular formula is C9H18O6. The van der Waals surface area contributed by atoms with Gasteiger partial charge < -0.3 is 30.3 Å². The van der Waals surface area contributed by atoms with Crippen molar-refractivity contribution >= 4 is 6.29 Å². The van der Waals surface area contributed by atoms with Crippen molar-refractivity contribution in [2.75, 3.05) is 0 Å². The highest BCUT2D eigenvalue weighted by Gasteiger charge is 2.50. The van der Waals surface area contributed by atoms with Gasteiger partial charge in [-0.25, -0.2) is 0 Å². The van der Waals surface area contributed by atoms with Crippen LogP contribution in [0.3, 0.4) is 0 Å². The molecule has 0 heterocycles. The van der Waals surface area contributed by atoms with Gasteiger partial charge in [0.2, 0.25) is 0 Å². The molecule has 0 aliphatic heterocycles. The van der Waals surface area contributed by atoms with E-state index in [-0.39, 0.29) is 6.29 Å². The van der Waals surface area contributed by atoms with Crippen molar-refractivity contribution in [2.24, 2.45) is 0 Å². The van der Waals surface area contributed by atoms with Crippen LogP contribution in [0.25, 0.3) is 0 Å². The summed E-state index contributed by atoms with van der Waals surface area (Å²) in [6, 6.07) is 0. The molecule has 90 valence electrons. The minimum absolute atomic E-state index is 0.0605. The second-order valence-electron chi connectivity index (χ2n) is 4.09. The molecule has 0 aliphatic carbocycles. The number of aliphatic hydroxyl groups excluding tert-OH is 3. The van der Waals surface area contributed by atoms with Gasteiger partial charge in [0.1, 0.15) is 23.4 Å². The quantitative estimate of drug-likeness (QED) is 0.337. The first-order valence-corrected chi connectivity index (χ1v) is 4.53. The van der Waals surface area contributed by atoms with Gasteiger partial charge in [0.15, 0.2) is 6.29 Å². The van der Waals surface area contributed by atoms with E-state index < -0.39 is 29.5 Å². The first-order valence-electron chi connectivity index (χ1n) is 4.53. The average molecular weight is 222 g/mol. The second-order valence-corrected chi connectivity index (χ2v) is 4.09. The monoisotopic (exact) mass is 222 g/mol. The van der Waals surface area contributed by atoms with Gasteiger partial charge in [-0.05, 0) is 20.8 Å². The average Bonchev–Trinajstić information content (AvgIpc) is 2.14. The Morgan fingerprint density at radius 2 is 1.53 bits per heavy atom. The minimum atomic E-state index is -2.26. The molecule has 0 fully saturated rings. The summed E-state index contributed by atoms with van der Waals surface area (Å²) in [7, 11) is 0. The Balaban J connectivity index is 4.95. The lowest BCUT2D eigenvalue weighted by Gasteiger charge is -2.40. The predicted octanol–water partition coefficient (Wildman–Crippen LogP) is -2.21. The highest BCUT2D eigenvalue weighted by atomic mass is 16.4. The fraction of sp³-hybridized carbons (Fsp3) is 0.889. The Kier molecular flexibility index (Phi) is 4.38. The lowest BCUT2D eigenvalue weighted by molar-refractivity contribution is -0.210. The first-order chi connectivity index (χ1) is 6.58. The van der Waals surface area contributed by atoms with E-state index in [0.717, 1.165) is 13.8 Å². The molecule has 1 unspecified atom stereocenters. The Morgan fingerprint density at radius 3 is 1.80 bits per heavy atom. The van der Waals surface area contributed by atoms with E-state index >= 15 is 0 Å². The smallest absolute Gasteiger partial charge is 0.154 e. The third-order valence-corrected chi connectivity index (χ3v) is 2.65. The Morgan fingerprint density at radius 1 is 1.13 bits per heavy atom. The van der Waals surface area contributed by atoms with Crippen LogP contribution in [0.5, 0.6) is 0 Å². The van der Waals surface area contributed by atoms with Gasteiger partial charge in [-0.1, -0.05) is 0 Å². The first kappa shape index (κ1) is 14.5.